The smallest absolute Gasteiger partial charge is 0.261 e. The van der Waals surface area contributed by atoms with E-state index in [-0.39, 0.29) is 18.0 Å². The first kappa shape index (κ1) is 19.3. The van der Waals surface area contributed by atoms with Gasteiger partial charge in [0.1, 0.15) is 6.54 Å². The van der Waals surface area contributed by atoms with E-state index in [2.05, 4.69) is 4.98 Å². The maximum Gasteiger partial charge on any atom is 0.261 e. The molecule has 0 unspecified atom stereocenters. The summed E-state index contributed by atoms with van der Waals surface area (Å²) < 4.78 is 26.8. The van der Waals surface area contributed by atoms with E-state index in [1.807, 2.05) is 0 Å². The standard InChI is InChI=1S/C21H21N3O4S/c25-20(14-24-15-22-19-9-5-4-8-18(19)21(24)26)23-12-10-17(11-13-23)29(27,28)16-6-2-1-3-7-16/h1-9,15,17H,10-14H2. The second-order valence-electron chi connectivity index (χ2n) is 7.13. The van der Waals surface area contributed by atoms with Gasteiger partial charge < -0.3 is 4.90 Å². The maximum absolute atomic E-state index is 12.8. The zero-order valence-corrected chi connectivity index (χ0v) is 16.6. The molecule has 0 atom stereocenters. The molecule has 1 saturated heterocycles. The number of nitrogens with zero attached hydrogens (tertiary/aromatic N) is 3. The van der Waals surface area contributed by atoms with Gasteiger partial charge in [0.05, 0.1) is 27.4 Å². The summed E-state index contributed by atoms with van der Waals surface area (Å²) in [5.41, 5.74) is 0.332. The lowest BCUT2D eigenvalue weighted by atomic mass is 10.1. The van der Waals surface area contributed by atoms with E-state index in [0.717, 1.165) is 0 Å². The molecular weight excluding hydrogens is 390 g/mol. The lowest BCUT2D eigenvalue weighted by Gasteiger charge is -2.32. The van der Waals surface area contributed by atoms with Crippen LogP contribution in [0.1, 0.15) is 12.8 Å². The molecule has 0 bridgehead atoms. The second-order valence-corrected chi connectivity index (χ2v) is 9.36. The number of benzene rings is 2. The first-order valence-electron chi connectivity index (χ1n) is 9.48. The number of carbonyl (C=O) groups excluding carboxylic acids is 1. The van der Waals surface area contributed by atoms with Gasteiger partial charge >= 0.3 is 0 Å². The average Bonchev–Trinajstić information content (AvgIpc) is 2.76. The molecule has 0 N–H and O–H groups in total. The molecule has 2 heterocycles. The van der Waals surface area contributed by atoms with E-state index in [1.54, 1.807) is 59.5 Å². The first-order chi connectivity index (χ1) is 14.0. The Kier molecular flexibility index (Phi) is 5.19. The topological polar surface area (TPSA) is 89.3 Å². The van der Waals surface area contributed by atoms with Crippen LogP contribution in [0.25, 0.3) is 10.9 Å². The van der Waals surface area contributed by atoms with Crippen LogP contribution in [-0.2, 0) is 21.2 Å². The van der Waals surface area contributed by atoms with E-state index in [4.69, 9.17) is 0 Å². The quantitative estimate of drug-likeness (QED) is 0.654. The van der Waals surface area contributed by atoms with Crippen LogP contribution in [0.3, 0.4) is 0 Å². The maximum atomic E-state index is 12.8. The molecule has 0 radical (unpaired) electrons. The Morgan fingerprint density at radius 3 is 2.38 bits per heavy atom. The highest BCUT2D eigenvalue weighted by atomic mass is 32.2. The van der Waals surface area contributed by atoms with Crippen LogP contribution in [0.4, 0.5) is 0 Å². The number of amides is 1. The molecule has 1 amide bonds. The molecule has 29 heavy (non-hydrogen) atoms. The van der Waals surface area contributed by atoms with Crippen LogP contribution in [-0.4, -0.2) is 47.1 Å². The first-order valence-corrected chi connectivity index (χ1v) is 11.0. The summed E-state index contributed by atoms with van der Waals surface area (Å²) in [4.78, 5) is 31.4. The Balaban J connectivity index is 1.43. The Bertz CT molecular complexity index is 1200. The minimum Gasteiger partial charge on any atom is -0.341 e. The van der Waals surface area contributed by atoms with Gasteiger partial charge in [-0.3, -0.25) is 14.2 Å². The Morgan fingerprint density at radius 1 is 1.00 bits per heavy atom. The predicted octanol–water partition coefficient (Wildman–Crippen LogP) is 1.86. The number of likely N-dealkylation sites (tertiary alicyclic amines) is 1. The fourth-order valence-electron chi connectivity index (χ4n) is 3.68. The van der Waals surface area contributed by atoms with E-state index < -0.39 is 15.1 Å². The van der Waals surface area contributed by atoms with E-state index >= 15 is 0 Å². The number of fused-ring (bicyclic) bond motifs is 1. The van der Waals surface area contributed by atoms with Crippen molar-refractivity contribution in [3.8, 4) is 0 Å². The molecule has 150 valence electrons. The number of aromatic nitrogens is 2. The number of piperidine rings is 1. The number of sulfone groups is 1. The third-order valence-electron chi connectivity index (χ3n) is 5.34. The molecule has 1 fully saturated rings. The van der Waals surface area contributed by atoms with Crippen molar-refractivity contribution in [2.24, 2.45) is 0 Å². The molecule has 1 aliphatic heterocycles. The van der Waals surface area contributed by atoms with Crippen LogP contribution in [0.15, 0.2) is 70.6 Å². The number of rotatable bonds is 4. The second kappa shape index (κ2) is 7.79. The summed E-state index contributed by atoms with van der Waals surface area (Å²) in [5.74, 6) is -0.209. The normalized spacial score (nSPS) is 15.5. The monoisotopic (exact) mass is 411 g/mol. The largest absolute Gasteiger partial charge is 0.341 e. The molecule has 2 aromatic carbocycles. The fraction of sp³-hybridized carbons (Fsp3) is 0.286. The molecule has 1 aliphatic rings. The van der Waals surface area contributed by atoms with E-state index in [0.29, 0.717) is 41.7 Å². The molecule has 0 saturated carbocycles. The zero-order chi connectivity index (χ0) is 20.4. The van der Waals surface area contributed by atoms with Gasteiger partial charge in [-0.05, 0) is 37.1 Å². The highest BCUT2D eigenvalue weighted by Crippen LogP contribution is 2.24. The van der Waals surface area contributed by atoms with Gasteiger partial charge in [0.25, 0.3) is 5.56 Å². The summed E-state index contributed by atoms with van der Waals surface area (Å²) in [6, 6.07) is 15.4. The summed E-state index contributed by atoms with van der Waals surface area (Å²) in [7, 11) is -3.40. The lowest BCUT2D eigenvalue weighted by molar-refractivity contribution is -0.132. The summed E-state index contributed by atoms with van der Waals surface area (Å²) in [6.45, 7) is 0.601. The SMILES string of the molecule is O=C(Cn1cnc2ccccc2c1=O)N1CCC(S(=O)(=O)c2ccccc2)CC1. The molecule has 7 nitrogen and oxygen atoms in total. The van der Waals surface area contributed by atoms with Gasteiger partial charge in [-0.1, -0.05) is 30.3 Å². The molecule has 1 aromatic heterocycles. The highest BCUT2D eigenvalue weighted by molar-refractivity contribution is 7.92. The summed E-state index contributed by atoms with van der Waals surface area (Å²) >= 11 is 0. The van der Waals surface area contributed by atoms with Gasteiger partial charge in [-0.25, -0.2) is 13.4 Å². The van der Waals surface area contributed by atoms with Crippen LogP contribution in [0, 0.1) is 0 Å². The van der Waals surface area contributed by atoms with Crippen molar-refractivity contribution in [3.05, 3.63) is 71.3 Å². The average molecular weight is 411 g/mol. The number of carbonyl (C=O) groups is 1. The lowest BCUT2D eigenvalue weighted by Crippen LogP contribution is -2.44. The van der Waals surface area contributed by atoms with Gasteiger partial charge in [-0.2, -0.15) is 0 Å². The van der Waals surface area contributed by atoms with Gasteiger partial charge in [0.15, 0.2) is 9.84 Å². The van der Waals surface area contributed by atoms with Crippen molar-refractivity contribution in [2.45, 2.75) is 29.5 Å². The number of hydrogen-bond acceptors (Lipinski definition) is 5. The number of hydrogen-bond donors (Lipinski definition) is 0. The van der Waals surface area contributed by atoms with Crippen molar-refractivity contribution < 1.29 is 13.2 Å². The predicted molar refractivity (Wildman–Crippen MR) is 109 cm³/mol. The van der Waals surface area contributed by atoms with Gasteiger partial charge in [0.2, 0.25) is 5.91 Å². The van der Waals surface area contributed by atoms with Crippen molar-refractivity contribution in [1.29, 1.82) is 0 Å². The Morgan fingerprint density at radius 2 is 1.66 bits per heavy atom. The van der Waals surface area contributed by atoms with Crippen molar-refractivity contribution in [3.63, 3.8) is 0 Å². The Labute approximate surface area is 168 Å². The van der Waals surface area contributed by atoms with Crippen molar-refractivity contribution >= 4 is 26.6 Å². The van der Waals surface area contributed by atoms with Gasteiger partial charge in [0, 0.05) is 13.1 Å². The highest BCUT2D eigenvalue weighted by Gasteiger charge is 2.32. The molecule has 8 heteroatoms. The minimum absolute atomic E-state index is 0.104. The van der Waals surface area contributed by atoms with Gasteiger partial charge in [-0.15, -0.1) is 0 Å². The van der Waals surface area contributed by atoms with E-state index in [1.165, 1.54) is 10.9 Å². The molecule has 3 aromatic rings. The van der Waals surface area contributed by atoms with Crippen molar-refractivity contribution in [2.75, 3.05) is 13.1 Å². The minimum atomic E-state index is -3.40. The third-order valence-corrected chi connectivity index (χ3v) is 7.62. The summed E-state index contributed by atoms with van der Waals surface area (Å²) in [5, 5.41) is -0.0329. The molecule has 0 spiro atoms. The molecular formula is C21H21N3O4S. The fourth-order valence-corrected chi connectivity index (χ4v) is 5.44. The zero-order valence-electron chi connectivity index (χ0n) is 15.8. The third kappa shape index (κ3) is 3.80. The van der Waals surface area contributed by atoms with Crippen LogP contribution >= 0.6 is 0 Å². The van der Waals surface area contributed by atoms with Crippen LogP contribution in [0.5, 0.6) is 0 Å². The van der Waals surface area contributed by atoms with Crippen LogP contribution in [0.2, 0.25) is 0 Å². The molecule has 4 rings (SSSR count). The molecule has 0 aliphatic carbocycles. The van der Waals surface area contributed by atoms with Crippen LogP contribution < -0.4 is 5.56 Å². The number of para-hydroxylation sites is 1. The summed E-state index contributed by atoms with van der Waals surface area (Å²) in [6.07, 6.45) is 2.15. The van der Waals surface area contributed by atoms with Crippen molar-refractivity contribution in [1.82, 2.24) is 14.5 Å². The van der Waals surface area contributed by atoms with E-state index in [9.17, 15) is 18.0 Å². The Hall–Kier alpha value is -3.00.